The molecule has 3 rings (SSSR count). The molecule has 0 saturated heterocycles. The van der Waals surface area contributed by atoms with Crippen LogP contribution in [0.15, 0.2) is 41.6 Å². The van der Waals surface area contributed by atoms with Gasteiger partial charge in [-0.05, 0) is 5.56 Å². The molecule has 2 aliphatic heterocycles. The summed E-state index contributed by atoms with van der Waals surface area (Å²) in [5, 5.41) is 5.57. The van der Waals surface area contributed by atoms with Crippen molar-refractivity contribution in [3.63, 3.8) is 0 Å². The number of hydrogen-bond acceptors (Lipinski definition) is 3. The van der Waals surface area contributed by atoms with Crippen molar-refractivity contribution < 1.29 is 14.3 Å². The molecule has 0 unspecified atom stereocenters. The molecule has 21 heavy (non-hydrogen) atoms. The molecule has 6 heteroatoms. The highest BCUT2D eigenvalue weighted by atomic mass is 16.5. The second-order valence-corrected chi connectivity index (χ2v) is 5.05. The van der Waals surface area contributed by atoms with Crippen molar-refractivity contribution in [3.05, 3.63) is 47.2 Å². The molecule has 0 fully saturated rings. The Morgan fingerprint density at radius 3 is 2.76 bits per heavy atom. The van der Waals surface area contributed by atoms with E-state index in [9.17, 15) is 9.59 Å². The zero-order valence-electron chi connectivity index (χ0n) is 11.8. The molecular weight excluding hydrogens is 270 g/mol. The molecule has 110 valence electrons. The van der Waals surface area contributed by atoms with Gasteiger partial charge < -0.3 is 20.3 Å². The molecule has 6 nitrogen and oxygen atoms in total. The lowest BCUT2D eigenvalue weighted by Crippen LogP contribution is -2.44. The van der Waals surface area contributed by atoms with Crippen LogP contribution >= 0.6 is 0 Å². The molecular formula is C15H17N3O3. The van der Waals surface area contributed by atoms with Crippen LogP contribution in [0.25, 0.3) is 0 Å². The van der Waals surface area contributed by atoms with E-state index in [0.29, 0.717) is 31.0 Å². The standard InChI is InChI=1S/C15H17N3O3/c1-21-8-7-18-9-11-12(14(18)19)13(17-15(20)16-11)10-5-3-2-4-6-10/h2-6,13H,7-9H2,1H3,(H2,16,17,20)/t13-/m1/s1. The van der Waals surface area contributed by atoms with Gasteiger partial charge in [-0.1, -0.05) is 30.3 Å². The van der Waals surface area contributed by atoms with E-state index < -0.39 is 6.04 Å². The molecule has 0 saturated carbocycles. The van der Waals surface area contributed by atoms with E-state index in [1.165, 1.54) is 0 Å². The maximum Gasteiger partial charge on any atom is 0.319 e. The number of amides is 3. The van der Waals surface area contributed by atoms with Crippen LogP contribution < -0.4 is 10.6 Å². The Morgan fingerprint density at radius 1 is 1.29 bits per heavy atom. The van der Waals surface area contributed by atoms with Gasteiger partial charge in [0.15, 0.2) is 0 Å². The van der Waals surface area contributed by atoms with Gasteiger partial charge in [-0.25, -0.2) is 4.79 Å². The number of carbonyl (C=O) groups is 2. The Morgan fingerprint density at radius 2 is 2.05 bits per heavy atom. The first-order chi connectivity index (χ1) is 10.2. The SMILES string of the molecule is COCCN1CC2=C(C1=O)[C@@H](c1ccccc1)NC(=O)N2. The second-order valence-electron chi connectivity index (χ2n) is 5.05. The number of benzene rings is 1. The summed E-state index contributed by atoms with van der Waals surface area (Å²) in [5.74, 6) is -0.0524. The summed E-state index contributed by atoms with van der Waals surface area (Å²) >= 11 is 0. The third-order valence-corrected chi connectivity index (χ3v) is 3.72. The molecule has 0 bridgehead atoms. The van der Waals surface area contributed by atoms with E-state index in [1.807, 2.05) is 30.3 Å². The lowest BCUT2D eigenvalue weighted by atomic mass is 9.96. The second kappa shape index (κ2) is 5.57. The van der Waals surface area contributed by atoms with Gasteiger partial charge in [0.1, 0.15) is 0 Å². The first-order valence-electron chi connectivity index (χ1n) is 6.84. The summed E-state index contributed by atoms with van der Waals surface area (Å²) in [6.07, 6.45) is 0. The van der Waals surface area contributed by atoms with Crippen molar-refractivity contribution in [2.75, 3.05) is 26.8 Å². The Bertz CT molecular complexity index is 597. The van der Waals surface area contributed by atoms with Crippen LogP contribution in [0.5, 0.6) is 0 Å². The van der Waals surface area contributed by atoms with Crippen molar-refractivity contribution >= 4 is 11.9 Å². The fraction of sp³-hybridized carbons (Fsp3) is 0.333. The smallest absolute Gasteiger partial charge is 0.319 e. The van der Waals surface area contributed by atoms with E-state index >= 15 is 0 Å². The van der Waals surface area contributed by atoms with E-state index in [0.717, 1.165) is 5.56 Å². The molecule has 2 heterocycles. The zero-order chi connectivity index (χ0) is 14.8. The minimum atomic E-state index is -0.394. The van der Waals surface area contributed by atoms with Gasteiger partial charge in [0, 0.05) is 13.7 Å². The van der Waals surface area contributed by atoms with Crippen LogP contribution in [-0.4, -0.2) is 43.6 Å². The van der Waals surface area contributed by atoms with Gasteiger partial charge >= 0.3 is 6.03 Å². The van der Waals surface area contributed by atoms with E-state index in [4.69, 9.17) is 4.74 Å². The Kier molecular flexibility index (Phi) is 3.62. The number of methoxy groups -OCH3 is 1. The fourth-order valence-electron chi connectivity index (χ4n) is 2.71. The number of rotatable bonds is 4. The number of carbonyl (C=O) groups excluding carboxylic acids is 2. The fourth-order valence-corrected chi connectivity index (χ4v) is 2.71. The van der Waals surface area contributed by atoms with Crippen molar-refractivity contribution in [2.45, 2.75) is 6.04 Å². The Labute approximate surface area is 122 Å². The first-order valence-corrected chi connectivity index (χ1v) is 6.84. The highest BCUT2D eigenvalue weighted by Crippen LogP contribution is 2.32. The maximum absolute atomic E-state index is 12.6. The van der Waals surface area contributed by atoms with Crippen molar-refractivity contribution in [1.82, 2.24) is 15.5 Å². The highest BCUT2D eigenvalue weighted by Gasteiger charge is 2.39. The van der Waals surface area contributed by atoms with Gasteiger partial charge in [0.2, 0.25) is 0 Å². The maximum atomic E-state index is 12.6. The molecule has 2 N–H and O–H groups in total. The van der Waals surface area contributed by atoms with Crippen LogP contribution in [0, 0.1) is 0 Å². The summed E-state index contributed by atoms with van der Waals surface area (Å²) in [7, 11) is 1.60. The van der Waals surface area contributed by atoms with E-state index in [-0.39, 0.29) is 11.9 Å². The van der Waals surface area contributed by atoms with Gasteiger partial charge in [-0.15, -0.1) is 0 Å². The average molecular weight is 287 g/mol. The van der Waals surface area contributed by atoms with Crippen molar-refractivity contribution in [1.29, 1.82) is 0 Å². The van der Waals surface area contributed by atoms with Gasteiger partial charge in [0.25, 0.3) is 5.91 Å². The number of urea groups is 1. The minimum absolute atomic E-state index is 0.0524. The summed E-state index contributed by atoms with van der Waals surface area (Å²) in [5.41, 5.74) is 2.22. The molecule has 0 spiro atoms. The molecule has 1 aromatic rings. The van der Waals surface area contributed by atoms with Crippen LogP contribution in [0.4, 0.5) is 4.79 Å². The van der Waals surface area contributed by atoms with Gasteiger partial charge in [-0.2, -0.15) is 0 Å². The normalized spacial score (nSPS) is 21.2. The Hall–Kier alpha value is -2.34. The quantitative estimate of drug-likeness (QED) is 0.860. The average Bonchev–Trinajstić information content (AvgIpc) is 2.81. The number of nitrogens with zero attached hydrogens (tertiary/aromatic N) is 1. The molecule has 0 aliphatic carbocycles. The summed E-state index contributed by atoms with van der Waals surface area (Å²) in [6, 6.07) is 8.85. The molecule has 0 aromatic heterocycles. The van der Waals surface area contributed by atoms with Crippen LogP contribution in [0.1, 0.15) is 11.6 Å². The molecule has 1 aromatic carbocycles. The molecule has 2 aliphatic rings. The molecule has 1 atom stereocenters. The number of ether oxygens (including phenoxy) is 1. The minimum Gasteiger partial charge on any atom is -0.383 e. The van der Waals surface area contributed by atoms with Gasteiger partial charge in [0.05, 0.1) is 30.5 Å². The van der Waals surface area contributed by atoms with Crippen LogP contribution in [0.3, 0.4) is 0 Å². The van der Waals surface area contributed by atoms with Crippen molar-refractivity contribution in [2.24, 2.45) is 0 Å². The molecule has 0 radical (unpaired) electrons. The molecule has 3 amide bonds. The predicted octanol–water partition coefficient (Wildman–Crippen LogP) is 0.783. The van der Waals surface area contributed by atoms with Crippen LogP contribution in [0.2, 0.25) is 0 Å². The zero-order valence-corrected chi connectivity index (χ0v) is 11.8. The van der Waals surface area contributed by atoms with E-state index in [1.54, 1.807) is 12.0 Å². The lowest BCUT2D eigenvalue weighted by molar-refractivity contribution is -0.126. The first kappa shape index (κ1) is 13.6. The van der Waals surface area contributed by atoms with Crippen molar-refractivity contribution in [3.8, 4) is 0 Å². The largest absolute Gasteiger partial charge is 0.383 e. The summed E-state index contributed by atoms with van der Waals surface area (Å²) in [6.45, 7) is 1.41. The highest BCUT2D eigenvalue weighted by molar-refractivity contribution is 6.01. The van der Waals surface area contributed by atoms with Gasteiger partial charge in [-0.3, -0.25) is 4.79 Å². The number of nitrogens with one attached hydrogen (secondary N) is 2. The number of hydrogen-bond donors (Lipinski definition) is 2. The predicted molar refractivity (Wildman–Crippen MR) is 76.3 cm³/mol. The summed E-state index contributed by atoms with van der Waals surface area (Å²) in [4.78, 5) is 26.1. The lowest BCUT2D eigenvalue weighted by Gasteiger charge is -2.25. The van der Waals surface area contributed by atoms with E-state index in [2.05, 4.69) is 10.6 Å². The van der Waals surface area contributed by atoms with Crippen LogP contribution in [-0.2, 0) is 9.53 Å². The third kappa shape index (κ3) is 2.50. The Balaban J connectivity index is 1.90. The summed E-state index contributed by atoms with van der Waals surface area (Å²) < 4.78 is 5.02. The topological polar surface area (TPSA) is 70.7 Å². The monoisotopic (exact) mass is 287 g/mol. The third-order valence-electron chi connectivity index (χ3n) is 3.72.